The molecule has 0 atom stereocenters. The number of anilines is 2. The highest BCUT2D eigenvalue weighted by atomic mass is 32.1. The van der Waals surface area contributed by atoms with Gasteiger partial charge in [-0.3, -0.25) is 10.1 Å². The van der Waals surface area contributed by atoms with Crippen molar-refractivity contribution in [1.82, 2.24) is 9.88 Å². The van der Waals surface area contributed by atoms with Crippen LogP contribution < -0.4 is 10.6 Å². The van der Waals surface area contributed by atoms with E-state index >= 15 is 0 Å². The molecule has 7 heteroatoms. The molecular formula is C18H24N4O2S. The molecule has 0 aliphatic heterocycles. The Bertz CT molecular complexity index is 730. The number of nitrogens with zero attached hydrogens (tertiary/aromatic N) is 2. The van der Waals surface area contributed by atoms with E-state index in [4.69, 9.17) is 0 Å². The normalized spacial score (nSPS) is 10.8. The standard InChI is InChI=1S/C18H24N4O2S/c1-11(2)22(12(3)4)16(23)15-10-25-18(20-15)21-17(24)19-14-8-6-13(5)7-9-14/h6-12H,1-5H3,(H2,19,20,21,24). The Kier molecular flexibility index (Phi) is 6.14. The summed E-state index contributed by atoms with van der Waals surface area (Å²) in [5.74, 6) is -0.131. The molecule has 2 N–H and O–H groups in total. The highest BCUT2D eigenvalue weighted by Crippen LogP contribution is 2.19. The van der Waals surface area contributed by atoms with Gasteiger partial charge in [0.05, 0.1) is 0 Å². The lowest BCUT2D eigenvalue weighted by molar-refractivity contribution is 0.0638. The van der Waals surface area contributed by atoms with Crippen molar-refractivity contribution in [1.29, 1.82) is 0 Å². The van der Waals surface area contributed by atoms with Crippen molar-refractivity contribution in [2.45, 2.75) is 46.7 Å². The summed E-state index contributed by atoms with van der Waals surface area (Å²) < 4.78 is 0. The molecule has 0 bridgehead atoms. The van der Waals surface area contributed by atoms with Gasteiger partial charge in [0, 0.05) is 23.2 Å². The topological polar surface area (TPSA) is 74.3 Å². The number of amides is 3. The number of aryl methyl sites for hydroxylation is 1. The van der Waals surface area contributed by atoms with Gasteiger partial charge >= 0.3 is 6.03 Å². The first-order chi connectivity index (χ1) is 11.8. The van der Waals surface area contributed by atoms with E-state index in [1.165, 1.54) is 11.3 Å². The van der Waals surface area contributed by atoms with Crippen molar-refractivity contribution in [3.63, 3.8) is 0 Å². The second-order valence-corrected chi connectivity index (χ2v) is 7.24. The van der Waals surface area contributed by atoms with Crippen LogP contribution >= 0.6 is 11.3 Å². The SMILES string of the molecule is Cc1ccc(NC(=O)Nc2nc(C(=O)N(C(C)C)C(C)C)cs2)cc1. The third-order valence-corrected chi connectivity index (χ3v) is 4.36. The first-order valence-electron chi connectivity index (χ1n) is 8.20. The van der Waals surface area contributed by atoms with E-state index in [-0.39, 0.29) is 24.0 Å². The third-order valence-electron chi connectivity index (χ3n) is 3.60. The van der Waals surface area contributed by atoms with Gasteiger partial charge in [0.25, 0.3) is 5.91 Å². The van der Waals surface area contributed by atoms with Crippen LogP contribution in [0.15, 0.2) is 29.6 Å². The van der Waals surface area contributed by atoms with Gasteiger partial charge in [-0.05, 0) is 46.8 Å². The second-order valence-electron chi connectivity index (χ2n) is 6.38. The molecule has 3 amide bonds. The highest BCUT2D eigenvalue weighted by Gasteiger charge is 2.24. The lowest BCUT2D eigenvalue weighted by Crippen LogP contribution is -2.42. The van der Waals surface area contributed by atoms with Crippen LogP contribution in [0, 0.1) is 6.92 Å². The Morgan fingerprint density at radius 1 is 1.04 bits per heavy atom. The van der Waals surface area contributed by atoms with E-state index in [9.17, 15) is 9.59 Å². The Morgan fingerprint density at radius 3 is 2.20 bits per heavy atom. The quantitative estimate of drug-likeness (QED) is 0.832. The van der Waals surface area contributed by atoms with E-state index in [0.717, 1.165) is 5.56 Å². The van der Waals surface area contributed by atoms with Gasteiger partial charge in [0.1, 0.15) is 5.69 Å². The highest BCUT2D eigenvalue weighted by molar-refractivity contribution is 7.14. The predicted octanol–water partition coefficient (Wildman–Crippen LogP) is 4.35. The molecule has 134 valence electrons. The number of hydrogen-bond acceptors (Lipinski definition) is 4. The number of nitrogens with one attached hydrogen (secondary N) is 2. The van der Waals surface area contributed by atoms with Crippen molar-refractivity contribution in [2.75, 3.05) is 10.6 Å². The summed E-state index contributed by atoms with van der Waals surface area (Å²) in [6.07, 6.45) is 0. The molecule has 0 saturated carbocycles. The Labute approximate surface area is 152 Å². The molecule has 0 fully saturated rings. The van der Waals surface area contributed by atoms with Gasteiger partial charge in [-0.15, -0.1) is 11.3 Å². The number of carbonyl (C=O) groups excluding carboxylic acids is 2. The Balaban J connectivity index is 2.02. The molecule has 2 rings (SSSR count). The zero-order valence-corrected chi connectivity index (χ0v) is 16.0. The lowest BCUT2D eigenvalue weighted by atomic mass is 10.2. The Hall–Kier alpha value is -2.41. The van der Waals surface area contributed by atoms with Crippen molar-refractivity contribution < 1.29 is 9.59 Å². The zero-order chi connectivity index (χ0) is 18.6. The first-order valence-corrected chi connectivity index (χ1v) is 9.08. The summed E-state index contributed by atoms with van der Waals surface area (Å²) in [6, 6.07) is 7.27. The van der Waals surface area contributed by atoms with Crippen LogP contribution in [0.3, 0.4) is 0 Å². The maximum absolute atomic E-state index is 12.6. The molecular weight excluding hydrogens is 336 g/mol. The fraction of sp³-hybridized carbons (Fsp3) is 0.389. The summed E-state index contributed by atoms with van der Waals surface area (Å²) in [6.45, 7) is 9.86. The maximum Gasteiger partial charge on any atom is 0.325 e. The lowest BCUT2D eigenvalue weighted by Gasteiger charge is -2.30. The zero-order valence-electron chi connectivity index (χ0n) is 15.2. The van der Waals surface area contributed by atoms with Gasteiger partial charge in [0.15, 0.2) is 5.13 Å². The van der Waals surface area contributed by atoms with Gasteiger partial charge in [-0.2, -0.15) is 0 Å². The number of benzene rings is 1. The number of rotatable bonds is 5. The molecule has 0 spiro atoms. The minimum atomic E-state index is -0.387. The fourth-order valence-corrected chi connectivity index (χ4v) is 3.20. The van der Waals surface area contributed by atoms with Crippen LogP contribution in [-0.4, -0.2) is 33.9 Å². The van der Waals surface area contributed by atoms with Crippen molar-refractivity contribution >= 4 is 34.1 Å². The van der Waals surface area contributed by atoms with E-state index in [0.29, 0.717) is 16.5 Å². The molecule has 6 nitrogen and oxygen atoms in total. The average molecular weight is 360 g/mol. The van der Waals surface area contributed by atoms with Crippen molar-refractivity contribution in [3.05, 3.63) is 40.9 Å². The van der Waals surface area contributed by atoms with Crippen LogP contribution in [0.4, 0.5) is 15.6 Å². The average Bonchev–Trinajstić information content (AvgIpc) is 2.97. The maximum atomic E-state index is 12.6. The molecule has 25 heavy (non-hydrogen) atoms. The number of hydrogen-bond donors (Lipinski definition) is 2. The molecule has 1 heterocycles. The van der Waals surface area contributed by atoms with Crippen molar-refractivity contribution in [3.8, 4) is 0 Å². The molecule has 1 aromatic carbocycles. The largest absolute Gasteiger partial charge is 0.332 e. The van der Waals surface area contributed by atoms with Gasteiger partial charge in [0.2, 0.25) is 0 Å². The predicted molar refractivity (Wildman–Crippen MR) is 102 cm³/mol. The number of carbonyl (C=O) groups is 2. The molecule has 0 unspecified atom stereocenters. The summed E-state index contributed by atoms with van der Waals surface area (Å²) in [5, 5.41) is 7.46. The Morgan fingerprint density at radius 2 is 1.64 bits per heavy atom. The fourth-order valence-electron chi connectivity index (χ4n) is 2.52. The van der Waals surface area contributed by atoms with E-state index in [2.05, 4.69) is 15.6 Å². The van der Waals surface area contributed by atoms with Crippen LogP contribution in [0.25, 0.3) is 0 Å². The van der Waals surface area contributed by atoms with E-state index in [1.54, 1.807) is 10.3 Å². The molecule has 0 aliphatic rings. The van der Waals surface area contributed by atoms with Crippen LogP contribution in [0.1, 0.15) is 43.7 Å². The molecule has 0 saturated heterocycles. The smallest absolute Gasteiger partial charge is 0.325 e. The molecule has 1 aromatic heterocycles. The van der Waals surface area contributed by atoms with Gasteiger partial charge in [-0.25, -0.2) is 9.78 Å². The van der Waals surface area contributed by atoms with Crippen molar-refractivity contribution in [2.24, 2.45) is 0 Å². The summed E-state index contributed by atoms with van der Waals surface area (Å²) in [4.78, 5) is 30.7. The van der Waals surface area contributed by atoms with Crippen LogP contribution in [-0.2, 0) is 0 Å². The summed E-state index contributed by atoms with van der Waals surface area (Å²) in [7, 11) is 0. The summed E-state index contributed by atoms with van der Waals surface area (Å²) in [5.41, 5.74) is 2.16. The molecule has 0 radical (unpaired) electrons. The van der Waals surface area contributed by atoms with E-state index in [1.807, 2.05) is 58.9 Å². The molecule has 2 aromatic rings. The number of thiazole rings is 1. The minimum Gasteiger partial charge on any atom is -0.332 e. The molecule has 0 aliphatic carbocycles. The monoisotopic (exact) mass is 360 g/mol. The first kappa shape index (κ1) is 18.9. The minimum absolute atomic E-state index is 0.0791. The third kappa shape index (κ3) is 5.03. The van der Waals surface area contributed by atoms with Gasteiger partial charge < -0.3 is 10.2 Å². The van der Waals surface area contributed by atoms with Crippen LogP contribution in [0.5, 0.6) is 0 Å². The van der Waals surface area contributed by atoms with Gasteiger partial charge in [-0.1, -0.05) is 17.7 Å². The second kappa shape index (κ2) is 8.11. The number of aromatic nitrogens is 1. The summed E-state index contributed by atoms with van der Waals surface area (Å²) >= 11 is 1.23. The number of urea groups is 1. The van der Waals surface area contributed by atoms with E-state index < -0.39 is 0 Å². The van der Waals surface area contributed by atoms with Crippen LogP contribution in [0.2, 0.25) is 0 Å².